The van der Waals surface area contributed by atoms with Gasteiger partial charge >= 0.3 is 0 Å². The van der Waals surface area contributed by atoms with E-state index in [9.17, 15) is 9.18 Å². The van der Waals surface area contributed by atoms with Crippen molar-refractivity contribution in [2.45, 2.75) is 12.8 Å². The monoisotopic (exact) mass is 207 g/mol. The lowest BCUT2D eigenvalue weighted by molar-refractivity contribution is -0.117. The van der Waals surface area contributed by atoms with Crippen LogP contribution in [0.5, 0.6) is 5.75 Å². The lowest BCUT2D eigenvalue weighted by atomic mass is 10.1. The lowest BCUT2D eigenvalue weighted by Crippen LogP contribution is -2.03. The second kappa shape index (κ2) is 5.11. The van der Waals surface area contributed by atoms with Crippen molar-refractivity contribution < 1.29 is 13.9 Å². The number of Topliss-reactive ketones (excluding diaryl/α,β-unsaturated/α-hetero) is 1. The summed E-state index contributed by atoms with van der Waals surface area (Å²) < 4.78 is 17.9. The first-order valence-electron chi connectivity index (χ1n) is 4.38. The maximum Gasteiger partial charge on any atom is 0.151 e. The van der Waals surface area contributed by atoms with Crippen LogP contribution in [-0.2, 0) is 11.2 Å². The van der Waals surface area contributed by atoms with Gasteiger partial charge in [-0.3, -0.25) is 4.79 Å². The molecule has 0 aliphatic heterocycles. The summed E-state index contributed by atoms with van der Waals surface area (Å²) in [5, 5.41) is 8.32. The zero-order valence-corrected chi connectivity index (χ0v) is 8.29. The van der Waals surface area contributed by atoms with Crippen molar-refractivity contribution in [1.29, 1.82) is 5.26 Å². The Morgan fingerprint density at radius 2 is 2.33 bits per heavy atom. The molecule has 0 radical (unpaired) electrons. The number of hydrogen-bond acceptors (Lipinski definition) is 3. The van der Waals surface area contributed by atoms with Gasteiger partial charge in [0.05, 0.1) is 19.6 Å². The van der Waals surface area contributed by atoms with Crippen molar-refractivity contribution in [2.75, 3.05) is 7.11 Å². The second-order valence-corrected chi connectivity index (χ2v) is 3.01. The molecule has 1 rings (SSSR count). The van der Waals surface area contributed by atoms with Crippen molar-refractivity contribution >= 4 is 5.78 Å². The number of halogens is 1. The van der Waals surface area contributed by atoms with E-state index >= 15 is 0 Å². The summed E-state index contributed by atoms with van der Waals surface area (Å²) >= 11 is 0. The van der Waals surface area contributed by atoms with E-state index in [1.165, 1.54) is 25.3 Å². The van der Waals surface area contributed by atoms with Gasteiger partial charge in [0, 0.05) is 12.0 Å². The van der Waals surface area contributed by atoms with E-state index in [1.807, 2.05) is 0 Å². The first-order chi connectivity index (χ1) is 7.17. The molecule has 0 aromatic heterocycles. The van der Waals surface area contributed by atoms with Gasteiger partial charge in [-0.25, -0.2) is 4.39 Å². The molecule has 1 aromatic rings. The summed E-state index contributed by atoms with van der Waals surface area (Å²) in [6.07, 6.45) is -0.145. The number of carbonyl (C=O) groups is 1. The quantitative estimate of drug-likeness (QED) is 0.757. The maximum atomic E-state index is 12.9. The van der Waals surface area contributed by atoms with Gasteiger partial charge in [-0.15, -0.1) is 0 Å². The topological polar surface area (TPSA) is 50.1 Å². The van der Waals surface area contributed by atoms with E-state index in [0.29, 0.717) is 11.3 Å². The average molecular weight is 207 g/mol. The zero-order valence-electron chi connectivity index (χ0n) is 8.29. The van der Waals surface area contributed by atoms with Crippen LogP contribution in [0.3, 0.4) is 0 Å². The normalized spacial score (nSPS) is 9.40. The number of benzene rings is 1. The number of rotatable bonds is 4. The van der Waals surface area contributed by atoms with Crippen LogP contribution in [0.2, 0.25) is 0 Å². The van der Waals surface area contributed by atoms with Crippen molar-refractivity contribution in [3.63, 3.8) is 0 Å². The number of hydrogen-bond donors (Lipinski definition) is 0. The fraction of sp³-hybridized carbons (Fsp3) is 0.273. The third-order valence-corrected chi connectivity index (χ3v) is 1.91. The van der Waals surface area contributed by atoms with E-state index in [4.69, 9.17) is 10.00 Å². The summed E-state index contributed by atoms with van der Waals surface area (Å²) in [5.41, 5.74) is 0.470. The third kappa shape index (κ3) is 3.06. The Kier molecular flexibility index (Phi) is 3.81. The predicted octanol–water partition coefficient (Wildman–Crippen LogP) is 1.86. The van der Waals surface area contributed by atoms with Crippen LogP contribution in [0.1, 0.15) is 12.0 Å². The molecule has 0 spiro atoms. The minimum Gasteiger partial charge on any atom is -0.496 e. The Balaban J connectivity index is 2.88. The smallest absolute Gasteiger partial charge is 0.151 e. The highest BCUT2D eigenvalue weighted by Crippen LogP contribution is 2.20. The molecular weight excluding hydrogens is 197 g/mol. The van der Waals surface area contributed by atoms with E-state index < -0.39 is 5.82 Å². The highest BCUT2D eigenvalue weighted by Gasteiger charge is 2.09. The zero-order chi connectivity index (χ0) is 11.3. The molecule has 0 amide bonds. The fourth-order valence-electron chi connectivity index (χ4n) is 1.25. The first kappa shape index (κ1) is 11.2. The van der Waals surface area contributed by atoms with Crippen molar-refractivity contribution in [3.8, 4) is 11.8 Å². The van der Waals surface area contributed by atoms with Crippen LogP contribution in [0.25, 0.3) is 0 Å². The number of ether oxygens (including phenoxy) is 1. The minimum absolute atomic E-state index is 0.0223. The molecule has 0 atom stereocenters. The van der Waals surface area contributed by atoms with Gasteiger partial charge in [0.1, 0.15) is 11.6 Å². The number of methoxy groups -OCH3 is 1. The number of nitriles is 1. The molecule has 0 N–H and O–H groups in total. The fourth-order valence-corrected chi connectivity index (χ4v) is 1.25. The number of ketones is 1. The molecule has 78 valence electrons. The molecular formula is C11H10FNO2. The van der Waals surface area contributed by atoms with Gasteiger partial charge in [-0.05, 0) is 18.2 Å². The van der Waals surface area contributed by atoms with Gasteiger partial charge in [0.2, 0.25) is 0 Å². The van der Waals surface area contributed by atoms with Crippen molar-refractivity contribution in [2.24, 2.45) is 0 Å². The van der Waals surface area contributed by atoms with E-state index in [1.54, 1.807) is 6.07 Å². The number of carbonyl (C=O) groups excluding carboxylic acids is 1. The molecule has 0 saturated heterocycles. The molecule has 0 bridgehead atoms. The molecule has 1 aromatic carbocycles. The standard InChI is InChI=1S/C11H10FNO2/c1-15-11-3-2-9(12)6-8(11)7-10(14)4-5-13/h2-3,6H,4,7H2,1H3. The molecule has 15 heavy (non-hydrogen) atoms. The van der Waals surface area contributed by atoms with Crippen LogP contribution in [0.15, 0.2) is 18.2 Å². The van der Waals surface area contributed by atoms with Crippen molar-refractivity contribution in [1.82, 2.24) is 0 Å². The van der Waals surface area contributed by atoms with Gasteiger partial charge < -0.3 is 4.74 Å². The molecule has 0 heterocycles. The van der Waals surface area contributed by atoms with Crippen LogP contribution < -0.4 is 4.74 Å². The third-order valence-electron chi connectivity index (χ3n) is 1.91. The molecule has 0 fully saturated rings. The summed E-state index contributed by atoms with van der Waals surface area (Å²) in [5.74, 6) is -0.209. The van der Waals surface area contributed by atoms with Crippen LogP contribution in [0.4, 0.5) is 4.39 Å². The Labute approximate surface area is 87.1 Å². The Hall–Kier alpha value is -1.89. The minimum atomic E-state index is -0.421. The molecule has 0 aliphatic carbocycles. The molecule has 3 nitrogen and oxygen atoms in total. The van der Waals surface area contributed by atoms with E-state index in [-0.39, 0.29) is 18.6 Å². The SMILES string of the molecule is COc1ccc(F)cc1CC(=O)CC#N. The second-order valence-electron chi connectivity index (χ2n) is 3.01. The van der Waals surface area contributed by atoms with Gasteiger partial charge in [0.25, 0.3) is 0 Å². The molecule has 0 unspecified atom stereocenters. The Morgan fingerprint density at radius 1 is 1.60 bits per heavy atom. The van der Waals surface area contributed by atoms with Gasteiger partial charge in [-0.2, -0.15) is 5.26 Å². The molecule has 4 heteroatoms. The van der Waals surface area contributed by atoms with Gasteiger partial charge in [-0.1, -0.05) is 0 Å². The summed E-state index contributed by atoms with van der Waals surface area (Å²) in [7, 11) is 1.45. The maximum absolute atomic E-state index is 12.9. The molecule has 0 aliphatic rings. The first-order valence-corrected chi connectivity index (χ1v) is 4.38. The summed E-state index contributed by atoms with van der Waals surface area (Å²) in [4.78, 5) is 11.2. The van der Waals surface area contributed by atoms with Crippen molar-refractivity contribution in [3.05, 3.63) is 29.6 Å². The van der Waals surface area contributed by atoms with Crippen LogP contribution >= 0.6 is 0 Å². The highest BCUT2D eigenvalue weighted by atomic mass is 19.1. The van der Waals surface area contributed by atoms with Crippen LogP contribution in [0, 0.1) is 17.1 Å². The highest BCUT2D eigenvalue weighted by molar-refractivity contribution is 5.83. The largest absolute Gasteiger partial charge is 0.496 e. The van der Waals surface area contributed by atoms with Gasteiger partial charge in [0.15, 0.2) is 5.78 Å². The summed E-state index contributed by atoms with van der Waals surface area (Å²) in [6.45, 7) is 0. The van der Waals surface area contributed by atoms with E-state index in [2.05, 4.69) is 0 Å². The molecule has 0 saturated carbocycles. The predicted molar refractivity (Wildman–Crippen MR) is 51.9 cm³/mol. The average Bonchev–Trinajstić information content (AvgIpc) is 2.18. The Bertz CT molecular complexity index is 410. The van der Waals surface area contributed by atoms with Crippen LogP contribution in [-0.4, -0.2) is 12.9 Å². The summed E-state index contributed by atoms with van der Waals surface area (Å²) in [6, 6.07) is 5.72. The Morgan fingerprint density at radius 3 is 2.93 bits per heavy atom. The lowest BCUT2D eigenvalue weighted by Gasteiger charge is -2.06. The number of nitrogens with zero attached hydrogens (tertiary/aromatic N) is 1. The van der Waals surface area contributed by atoms with E-state index in [0.717, 1.165) is 0 Å².